The van der Waals surface area contributed by atoms with Crippen LogP contribution < -0.4 is 9.47 Å². The summed E-state index contributed by atoms with van der Waals surface area (Å²) < 4.78 is 15.7. The van der Waals surface area contributed by atoms with Gasteiger partial charge < -0.3 is 19.1 Å². The number of nitrogens with zero attached hydrogens (tertiary/aromatic N) is 1. The van der Waals surface area contributed by atoms with Crippen LogP contribution in [0.15, 0.2) is 12.1 Å². The fourth-order valence-corrected chi connectivity index (χ4v) is 3.27. The quantitative estimate of drug-likeness (QED) is 0.498. The third-order valence-electron chi connectivity index (χ3n) is 4.86. The molecular formula is C20H29NO5. The lowest BCUT2D eigenvalue weighted by Gasteiger charge is -2.38. The smallest absolute Gasteiger partial charge is 0.328 e. The number of carbonyl (C=O) groups is 2. The Kier molecular flexibility index (Phi) is 7.30. The Morgan fingerprint density at radius 3 is 2.42 bits per heavy atom. The lowest BCUT2D eigenvalue weighted by atomic mass is 9.98. The normalized spacial score (nSPS) is 16.0. The highest BCUT2D eigenvalue weighted by atomic mass is 16.5. The molecule has 144 valence electrons. The number of hydrogen-bond donors (Lipinski definition) is 0. The van der Waals surface area contributed by atoms with Gasteiger partial charge >= 0.3 is 5.97 Å². The number of likely N-dealkylation sites (tertiary alicyclic amines) is 1. The maximum atomic E-state index is 12.9. The maximum Gasteiger partial charge on any atom is 0.328 e. The summed E-state index contributed by atoms with van der Waals surface area (Å²) >= 11 is 0. The number of hydrogen-bond acceptors (Lipinski definition) is 5. The van der Waals surface area contributed by atoms with E-state index in [-0.39, 0.29) is 11.9 Å². The summed E-state index contributed by atoms with van der Waals surface area (Å²) in [6.45, 7) is 2.73. The first kappa shape index (κ1) is 20.1. The van der Waals surface area contributed by atoms with E-state index in [1.807, 2.05) is 6.07 Å². The average Bonchev–Trinajstić information content (AvgIpc) is 2.63. The minimum Gasteiger partial charge on any atom is -0.493 e. The Balaban J connectivity index is 2.24. The third kappa shape index (κ3) is 4.29. The van der Waals surface area contributed by atoms with Crippen LogP contribution in [0.4, 0.5) is 0 Å². The molecule has 1 aromatic rings. The van der Waals surface area contributed by atoms with E-state index in [1.54, 1.807) is 25.2 Å². The van der Waals surface area contributed by atoms with Gasteiger partial charge in [-0.3, -0.25) is 4.79 Å². The standard InChI is InChI=1S/C20H29NO5/c1-5-6-7-8-9-14-12-15(13-17(24-2)18(14)25-3)19(22)21-11-10-16(21)20(23)26-4/h12-13,16H,5-11H2,1-4H3. The van der Waals surface area contributed by atoms with Gasteiger partial charge in [-0.05, 0) is 37.0 Å². The molecule has 6 nitrogen and oxygen atoms in total. The molecule has 1 fully saturated rings. The van der Waals surface area contributed by atoms with Gasteiger partial charge in [0.25, 0.3) is 5.91 Å². The third-order valence-corrected chi connectivity index (χ3v) is 4.86. The summed E-state index contributed by atoms with van der Waals surface area (Å²) in [6, 6.07) is 3.06. The van der Waals surface area contributed by atoms with Crippen LogP contribution in [0.2, 0.25) is 0 Å². The van der Waals surface area contributed by atoms with Gasteiger partial charge in [-0.25, -0.2) is 4.79 Å². The number of benzene rings is 1. The van der Waals surface area contributed by atoms with Crippen LogP contribution in [0.3, 0.4) is 0 Å². The van der Waals surface area contributed by atoms with Crippen molar-refractivity contribution in [3.63, 3.8) is 0 Å². The average molecular weight is 363 g/mol. The summed E-state index contributed by atoms with van der Waals surface area (Å²) in [5.41, 5.74) is 1.48. The summed E-state index contributed by atoms with van der Waals surface area (Å²) in [5.74, 6) is 0.667. The largest absolute Gasteiger partial charge is 0.493 e. The SMILES string of the molecule is CCCCCCc1cc(C(=O)N2CCC2C(=O)OC)cc(OC)c1OC. The van der Waals surface area contributed by atoms with Gasteiger partial charge in [-0.15, -0.1) is 0 Å². The Labute approximate surface area is 155 Å². The fourth-order valence-electron chi connectivity index (χ4n) is 3.27. The molecule has 0 radical (unpaired) electrons. The van der Waals surface area contributed by atoms with Crippen LogP contribution in [0.1, 0.15) is 54.9 Å². The van der Waals surface area contributed by atoms with Gasteiger partial charge in [0, 0.05) is 12.1 Å². The summed E-state index contributed by atoms with van der Waals surface area (Å²) in [4.78, 5) is 26.2. The van der Waals surface area contributed by atoms with Gasteiger partial charge in [0.15, 0.2) is 11.5 Å². The second-order valence-electron chi connectivity index (χ2n) is 6.51. The Hall–Kier alpha value is -2.24. The molecule has 2 rings (SSSR count). The number of esters is 1. The van der Waals surface area contributed by atoms with Crippen LogP contribution in [-0.4, -0.2) is 50.7 Å². The molecule has 1 heterocycles. The van der Waals surface area contributed by atoms with Gasteiger partial charge in [-0.2, -0.15) is 0 Å². The highest BCUT2D eigenvalue weighted by Gasteiger charge is 2.39. The monoisotopic (exact) mass is 363 g/mol. The number of carbonyl (C=O) groups excluding carboxylic acids is 2. The zero-order chi connectivity index (χ0) is 19.1. The molecule has 26 heavy (non-hydrogen) atoms. The van der Waals surface area contributed by atoms with E-state index >= 15 is 0 Å². The van der Waals surface area contributed by atoms with E-state index in [2.05, 4.69) is 6.92 Å². The van der Waals surface area contributed by atoms with Crippen molar-refractivity contribution in [3.05, 3.63) is 23.3 Å². The van der Waals surface area contributed by atoms with E-state index in [1.165, 1.54) is 20.0 Å². The van der Waals surface area contributed by atoms with Gasteiger partial charge in [0.2, 0.25) is 0 Å². The van der Waals surface area contributed by atoms with Crippen molar-refractivity contribution in [3.8, 4) is 11.5 Å². The number of ether oxygens (including phenoxy) is 3. The van der Waals surface area contributed by atoms with Crippen LogP contribution >= 0.6 is 0 Å². The van der Waals surface area contributed by atoms with Crippen molar-refractivity contribution >= 4 is 11.9 Å². The second-order valence-corrected chi connectivity index (χ2v) is 6.51. The van der Waals surface area contributed by atoms with Crippen molar-refractivity contribution in [2.24, 2.45) is 0 Å². The minimum absolute atomic E-state index is 0.178. The molecule has 0 aromatic heterocycles. The summed E-state index contributed by atoms with van der Waals surface area (Å²) in [6.07, 6.45) is 5.97. The van der Waals surface area contributed by atoms with Crippen LogP contribution in [0.25, 0.3) is 0 Å². The molecule has 0 N–H and O–H groups in total. The van der Waals surface area contributed by atoms with E-state index in [0.717, 1.165) is 24.8 Å². The minimum atomic E-state index is -0.492. The predicted molar refractivity (Wildman–Crippen MR) is 98.8 cm³/mol. The predicted octanol–water partition coefficient (Wildman–Crippen LogP) is 3.21. The van der Waals surface area contributed by atoms with E-state index in [0.29, 0.717) is 30.0 Å². The number of methoxy groups -OCH3 is 3. The molecule has 6 heteroatoms. The van der Waals surface area contributed by atoms with Crippen LogP contribution in [0, 0.1) is 0 Å². The first-order chi connectivity index (χ1) is 12.6. The van der Waals surface area contributed by atoms with Crippen molar-refractivity contribution < 1.29 is 23.8 Å². The van der Waals surface area contributed by atoms with Gasteiger partial charge in [0.1, 0.15) is 6.04 Å². The first-order valence-corrected chi connectivity index (χ1v) is 9.21. The van der Waals surface area contributed by atoms with Crippen molar-refractivity contribution in [2.45, 2.75) is 51.5 Å². The Morgan fingerprint density at radius 1 is 1.12 bits per heavy atom. The molecule has 1 atom stereocenters. The summed E-state index contributed by atoms with van der Waals surface area (Å²) in [5, 5.41) is 0. The first-order valence-electron chi connectivity index (χ1n) is 9.21. The molecule has 1 aliphatic rings. The number of rotatable bonds is 9. The molecule has 1 aromatic carbocycles. The molecule has 0 bridgehead atoms. The molecule has 0 saturated carbocycles. The number of aryl methyl sites for hydroxylation is 1. The Bertz CT molecular complexity index is 643. The zero-order valence-electron chi connectivity index (χ0n) is 16.2. The van der Waals surface area contributed by atoms with Gasteiger partial charge in [-0.1, -0.05) is 26.2 Å². The molecule has 1 aliphatic heterocycles. The Morgan fingerprint density at radius 2 is 1.88 bits per heavy atom. The number of unbranched alkanes of at least 4 members (excludes halogenated alkanes) is 3. The number of amides is 1. The van der Waals surface area contributed by atoms with Gasteiger partial charge in [0.05, 0.1) is 21.3 Å². The van der Waals surface area contributed by atoms with E-state index < -0.39 is 6.04 Å². The topological polar surface area (TPSA) is 65.1 Å². The molecule has 1 amide bonds. The lowest BCUT2D eigenvalue weighted by molar-refractivity contribution is -0.149. The molecule has 0 spiro atoms. The molecule has 0 aliphatic carbocycles. The molecular weight excluding hydrogens is 334 g/mol. The summed E-state index contributed by atoms with van der Waals surface area (Å²) in [7, 11) is 4.51. The highest BCUT2D eigenvalue weighted by Crippen LogP contribution is 2.35. The van der Waals surface area contributed by atoms with E-state index in [4.69, 9.17) is 14.2 Å². The molecule has 1 unspecified atom stereocenters. The molecule has 1 saturated heterocycles. The van der Waals surface area contributed by atoms with Crippen molar-refractivity contribution in [1.82, 2.24) is 4.90 Å². The van der Waals surface area contributed by atoms with Crippen molar-refractivity contribution in [1.29, 1.82) is 0 Å². The second kappa shape index (κ2) is 9.46. The maximum absolute atomic E-state index is 12.9. The zero-order valence-corrected chi connectivity index (χ0v) is 16.2. The van der Waals surface area contributed by atoms with Crippen LogP contribution in [0.5, 0.6) is 11.5 Å². The fraction of sp³-hybridized carbons (Fsp3) is 0.600. The van der Waals surface area contributed by atoms with Crippen molar-refractivity contribution in [2.75, 3.05) is 27.9 Å². The lowest BCUT2D eigenvalue weighted by Crippen LogP contribution is -2.55. The van der Waals surface area contributed by atoms with Crippen LogP contribution in [-0.2, 0) is 16.0 Å². The van der Waals surface area contributed by atoms with E-state index in [9.17, 15) is 9.59 Å². The highest BCUT2D eigenvalue weighted by molar-refractivity contribution is 5.98.